The van der Waals surface area contributed by atoms with E-state index in [1.807, 2.05) is 79.0 Å². The summed E-state index contributed by atoms with van der Waals surface area (Å²) >= 11 is 0. The van der Waals surface area contributed by atoms with Crippen LogP contribution in [0.2, 0.25) is 0 Å². The number of halogens is 1. The van der Waals surface area contributed by atoms with Crippen molar-refractivity contribution in [2.45, 2.75) is 6.42 Å². The van der Waals surface area contributed by atoms with Crippen LogP contribution in [-0.2, 0) is 0 Å². The van der Waals surface area contributed by atoms with Crippen molar-refractivity contribution in [2.75, 3.05) is 0 Å². The van der Waals surface area contributed by atoms with Crippen LogP contribution >= 0.6 is 12.4 Å². The van der Waals surface area contributed by atoms with Crippen molar-refractivity contribution in [1.82, 2.24) is 0 Å². The molecule has 0 aliphatic carbocycles. The van der Waals surface area contributed by atoms with Gasteiger partial charge >= 0.3 is 0 Å². The van der Waals surface area contributed by atoms with E-state index in [0.29, 0.717) is 0 Å². The highest BCUT2D eigenvalue weighted by atomic mass is 35.5. The summed E-state index contributed by atoms with van der Waals surface area (Å²) in [4.78, 5) is 8.65. The number of hydrogen-bond donors (Lipinski definition) is 0. The molecule has 2 aromatic rings. The quantitative estimate of drug-likeness (QED) is 0.678. The van der Waals surface area contributed by atoms with Gasteiger partial charge in [0.15, 0.2) is 0 Å². The molecule has 2 rings (SSSR count). The summed E-state index contributed by atoms with van der Waals surface area (Å²) in [5.74, 6) is 0. The van der Waals surface area contributed by atoms with Crippen molar-refractivity contribution < 1.29 is 0 Å². The molecule has 0 unspecified atom stereocenters. The molecule has 0 aliphatic heterocycles. The monoisotopic (exact) mass is 284 g/mol. The Morgan fingerprint density at radius 3 is 1.90 bits per heavy atom. The largest absolute Gasteiger partial charge is 0.261 e. The second kappa shape index (κ2) is 9.70. The maximum atomic E-state index is 4.34. The normalized spacial score (nSPS) is 11.2. The second-order valence-corrected chi connectivity index (χ2v) is 3.92. The number of rotatable bonds is 5. The first-order valence-electron chi connectivity index (χ1n) is 6.27. The van der Waals surface area contributed by atoms with E-state index < -0.39 is 0 Å². The Balaban J connectivity index is 0.00000200. The lowest BCUT2D eigenvalue weighted by Gasteiger charge is -1.89. The van der Waals surface area contributed by atoms with Crippen LogP contribution in [0.4, 0.5) is 11.4 Å². The zero-order chi connectivity index (χ0) is 13.2. The average Bonchev–Trinajstić information content (AvgIpc) is 2.48. The van der Waals surface area contributed by atoms with Crippen LogP contribution in [0.3, 0.4) is 0 Å². The molecule has 3 heteroatoms. The summed E-state index contributed by atoms with van der Waals surface area (Å²) in [6.07, 6.45) is 8.45. The van der Waals surface area contributed by atoms with Crippen LogP contribution in [-0.4, -0.2) is 12.4 Å². The molecule has 2 aromatic carbocycles. The fourth-order valence-electron chi connectivity index (χ4n) is 1.52. The lowest BCUT2D eigenvalue weighted by molar-refractivity contribution is 1.46. The Morgan fingerprint density at radius 2 is 1.30 bits per heavy atom. The standard InChI is InChI=1S/C17H16N2.ClH/c1-4-10-16(11-5-1)18-14-8-3-9-15-19-17-12-6-2-7-13-17;/h1-8,10-15H,9H2;1H/b8-3+,18-14+,19-15?;. The Bertz CT molecular complexity index is 560. The summed E-state index contributed by atoms with van der Waals surface area (Å²) in [5, 5.41) is 0. The highest BCUT2D eigenvalue weighted by Crippen LogP contribution is 2.09. The molecular weight excluding hydrogens is 268 g/mol. The van der Waals surface area contributed by atoms with Gasteiger partial charge in [-0.1, -0.05) is 42.5 Å². The molecule has 0 radical (unpaired) electrons. The van der Waals surface area contributed by atoms with Gasteiger partial charge < -0.3 is 0 Å². The molecule has 20 heavy (non-hydrogen) atoms. The van der Waals surface area contributed by atoms with E-state index in [1.54, 1.807) is 6.21 Å². The van der Waals surface area contributed by atoms with Crippen LogP contribution in [0.15, 0.2) is 82.8 Å². The molecule has 0 atom stereocenters. The van der Waals surface area contributed by atoms with E-state index in [0.717, 1.165) is 17.8 Å². The third kappa shape index (κ3) is 6.12. The first kappa shape index (κ1) is 15.9. The maximum absolute atomic E-state index is 4.34. The fourth-order valence-corrected chi connectivity index (χ4v) is 1.52. The Kier molecular flexibility index (Phi) is 7.70. The first-order chi connectivity index (χ1) is 9.45. The van der Waals surface area contributed by atoms with Gasteiger partial charge in [0.2, 0.25) is 0 Å². The van der Waals surface area contributed by atoms with E-state index in [2.05, 4.69) is 9.98 Å². The Morgan fingerprint density at radius 1 is 0.750 bits per heavy atom. The minimum atomic E-state index is 0. The highest BCUT2D eigenvalue weighted by Gasteiger charge is 1.82. The first-order valence-corrected chi connectivity index (χ1v) is 6.27. The maximum Gasteiger partial charge on any atom is 0.0629 e. The van der Waals surface area contributed by atoms with Crippen molar-refractivity contribution in [2.24, 2.45) is 9.98 Å². The molecule has 0 fully saturated rings. The zero-order valence-corrected chi connectivity index (χ0v) is 11.9. The van der Waals surface area contributed by atoms with E-state index >= 15 is 0 Å². The van der Waals surface area contributed by atoms with E-state index in [4.69, 9.17) is 0 Å². The second-order valence-electron chi connectivity index (χ2n) is 3.92. The summed E-state index contributed by atoms with van der Waals surface area (Å²) in [6.45, 7) is 0. The van der Waals surface area contributed by atoms with Gasteiger partial charge in [-0.15, -0.1) is 12.4 Å². The summed E-state index contributed by atoms with van der Waals surface area (Å²) < 4.78 is 0. The molecule has 102 valence electrons. The number of aliphatic imine (C=N–C) groups is 2. The number of hydrogen-bond acceptors (Lipinski definition) is 2. The predicted molar refractivity (Wildman–Crippen MR) is 90.2 cm³/mol. The van der Waals surface area contributed by atoms with E-state index in [1.165, 1.54) is 0 Å². The third-order valence-corrected chi connectivity index (χ3v) is 2.44. The van der Waals surface area contributed by atoms with Crippen LogP contribution in [0, 0.1) is 0 Å². The van der Waals surface area contributed by atoms with E-state index in [-0.39, 0.29) is 12.4 Å². The van der Waals surface area contributed by atoms with Gasteiger partial charge in [0.25, 0.3) is 0 Å². The SMILES string of the molecule is C(C/C=C/C=N/c1ccccc1)=Nc1ccccc1.Cl. The topological polar surface area (TPSA) is 24.7 Å². The van der Waals surface area contributed by atoms with Gasteiger partial charge in [-0.2, -0.15) is 0 Å². The van der Waals surface area contributed by atoms with Crippen molar-refractivity contribution in [1.29, 1.82) is 0 Å². The number of para-hydroxylation sites is 2. The Hall–Kier alpha value is -2.19. The lowest BCUT2D eigenvalue weighted by Crippen LogP contribution is -1.71. The van der Waals surface area contributed by atoms with Crippen molar-refractivity contribution in [3.8, 4) is 0 Å². The average molecular weight is 285 g/mol. The molecule has 0 amide bonds. The van der Waals surface area contributed by atoms with Gasteiger partial charge in [0.05, 0.1) is 11.4 Å². The minimum Gasteiger partial charge on any atom is -0.261 e. The molecule has 0 spiro atoms. The van der Waals surface area contributed by atoms with Crippen molar-refractivity contribution in [3.63, 3.8) is 0 Å². The molecule has 0 bridgehead atoms. The van der Waals surface area contributed by atoms with Crippen LogP contribution in [0.25, 0.3) is 0 Å². The molecule has 0 aromatic heterocycles. The molecule has 0 saturated heterocycles. The van der Waals surface area contributed by atoms with Gasteiger partial charge in [0.1, 0.15) is 0 Å². The smallest absolute Gasteiger partial charge is 0.0629 e. The van der Waals surface area contributed by atoms with Crippen LogP contribution in [0.1, 0.15) is 6.42 Å². The summed E-state index contributed by atoms with van der Waals surface area (Å²) in [7, 11) is 0. The zero-order valence-electron chi connectivity index (χ0n) is 11.1. The molecule has 0 N–H and O–H groups in total. The van der Waals surface area contributed by atoms with Gasteiger partial charge in [-0.05, 0) is 30.3 Å². The lowest BCUT2D eigenvalue weighted by atomic mass is 10.3. The van der Waals surface area contributed by atoms with E-state index in [9.17, 15) is 0 Å². The van der Waals surface area contributed by atoms with Crippen LogP contribution < -0.4 is 0 Å². The number of allylic oxidation sites excluding steroid dienone is 2. The van der Waals surface area contributed by atoms with Crippen molar-refractivity contribution in [3.05, 3.63) is 72.8 Å². The third-order valence-electron chi connectivity index (χ3n) is 2.44. The minimum absolute atomic E-state index is 0. The molecular formula is C17H17ClN2. The van der Waals surface area contributed by atoms with Crippen molar-refractivity contribution >= 4 is 36.2 Å². The molecule has 0 aliphatic rings. The highest BCUT2D eigenvalue weighted by molar-refractivity contribution is 5.85. The van der Waals surface area contributed by atoms with Gasteiger partial charge in [-0.3, -0.25) is 9.98 Å². The number of nitrogens with zero attached hydrogens (tertiary/aromatic N) is 2. The van der Waals surface area contributed by atoms with Crippen LogP contribution in [0.5, 0.6) is 0 Å². The predicted octanol–water partition coefficient (Wildman–Crippen LogP) is 5.16. The van der Waals surface area contributed by atoms with Gasteiger partial charge in [-0.25, -0.2) is 0 Å². The van der Waals surface area contributed by atoms with Gasteiger partial charge in [0, 0.05) is 18.9 Å². The molecule has 0 saturated carbocycles. The molecule has 2 nitrogen and oxygen atoms in total. The summed E-state index contributed by atoms with van der Waals surface area (Å²) in [6, 6.07) is 19.8. The number of benzene rings is 2. The summed E-state index contributed by atoms with van der Waals surface area (Å²) in [5.41, 5.74) is 1.94. The Labute approximate surface area is 126 Å². The molecule has 0 heterocycles. The fraction of sp³-hybridized carbons (Fsp3) is 0.0588.